The van der Waals surface area contributed by atoms with Crippen molar-refractivity contribution in [1.82, 2.24) is 9.78 Å². The van der Waals surface area contributed by atoms with Crippen molar-refractivity contribution >= 4 is 40.1 Å². The number of hydrogen-bond acceptors (Lipinski definition) is 5. The Kier molecular flexibility index (Phi) is 5.92. The number of benzene rings is 1. The summed E-state index contributed by atoms with van der Waals surface area (Å²) in [6, 6.07) is 7.06. The molecule has 0 aliphatic heterocycles. The van der Waals surface area contributed by atoms with E-state index in [1.165, 1.54) is 27.1 Å². The molecule has 0 radical (unpaired) electrons. The molecule has 4 rings (SSSR count). The van der Waals surface area contributed by atoms with Crippen LogP contribution in [0.3, 0.4) is 0 Å². The molecule has 0 atom stereocenters. The van der Waals surface area contributed by atoms with Crippen molar-refractivity contribution in [2.45, 2.75) is 39.5 Å². The van der Waals surface area contributed by atoms with Gasteiger partial charge in [0, 0.05) is 21.8 Å². The summed E-state index contributed by atoms with van der Waals surface area (Å²) < 4.78 is 6.71. The highest BCUT2D eigenvalue weighted by Crippen LogP contribution is 2.40. The van der Waals surface area contributed by atoms with E-state index in [-0.39, 0.29) is 11.5 Å². The normalized spacial score (nSPS) is 13.6. The Morgan fingerprint density at radius 1 is 1.37 bits per heavy atom. The van der Waals surface area contributed by atoms with Crippen LogP contribution in [0.25, 0.3) is 5.69 Å². The first-order chi connectivity index (χ1) is 14.5. The number of halogens is 1. The number of rotatable bonds is 5. The molecule has 0 spiro atoms. The number of aliphatic imine (C=N–C) groups is 1. The van der Waals surface area contributed by atoms with Gasteiger partial charge in [-0.05, 0) is 63.3 Å². The van der Waals surface area contributed by atoms with E-state index in [4.69, 9.17) is 16.3 Å². The molecule has 0 bridgehead atoms. The average molecular weight is 444 g/mol. The third-order valence-electron chi connectivity index (χ3n) is 5.13. The first-order valence-corrected chi connectivity index (χ1v) is 11.1. The van der Waals surface area contributed by atoms with Crippen molar-refractivity contribution in [3.63, 3.8) is 0 Å². The molecule has 1 aromatic carbocycles. The Morgan fingerprint density at radius 2 is 2.17 bits per heavy atom. The second kappa shape index (κ2) is 8.62. The average Bonchev–Trinajstić information content (AvgIpc) is 3.23. The SMILES string of the molecule is CCOC(=O)c1c(N=Cc2c(C)[nH]n(-c3cccc(Cl)c3)c2=O)sc2c1CCCC2. The molecule has 0 saturated heterocycles. The van der Waals surface area contributed by atoms with Crippen molar-refractivity contribution in [3.8, 4) is 5.69 Å². The minimum Gasteiger partial charge on any atom is -0.462 e. The number of esters is 1. The molecular formula is C22H22ClN3O3S. The van der Waals surface area contributed by atoms with Gasteiger partial charge >= 0.3 is 5.97 Å². The Morgan fingerprint density at radius 3 is 2.93 bits per heavy atom. The molecule has 6 nitrogen and oxygen atoms in total. The number of nitrogens with zero attached hydrogens (tertiary/aromatic N) is 2. The molecule has 2 aromatic heterocycles. The summed E-state index contributed by atoms with van der Waals surface area (Å²) in [7, 11) is 0. The van der Waals surface area contributed by atoms with Gasteiger partial charge in [0.25, 0.3) is 5.56 Å². The van der Waals surface area contributed by atoms with E-state index >= 15 is 0 Å². The van der Waals surface area contributed by atoms with Crippen LogP contribution in [0.15, 0.2) is 34.1 Å². The van der Waals surface area contributed by atoms with Crippen LogP contribution in [0.1, 0.15) is 51.8 Å². The number of fused-ring (bicyclic) bond motifs is 1. The highest BCUT2D eigenvalue weighted by Gasteiger charge is 2.26. The summed E-state index contributed by atoms with van der Waals surface area (Å²) in [6.07, 6.45) is 5.52. The fourth-order valence-electron chi connectivity index (χ4n) is 3.69. The van der Waals surface area contributed by atoms with Crippen LogP contribution in [-0.2, 0) is 17.6 Å². The zero-order valence-electron chi connectivity index (χ0n) is 16.8. The number of H-pyrrole nitrogens is 1. The van der Waals surface area contributed by atoms with E-state index < -0.39 is 0 Å². The third-order valence-corrected chi connectivity index (χ3v) is 6.56. The van der Waals surface area contributed by atoms with Gasteiger partial charge in [-0.1, -0.05) is 17.7 Å². The van der Waals surface area contributed by atoms with Crippen molar-refractivity contribution in [1.29, 1.82) is 0 Å². The molecule has 0 unspecified atom stereocenters. The van der Waals surface area contributed by atoms with E-state index in [1.807, 2.05) is 6.92 Å². The largest absolute Gasteiger partial charge is 0.462 e. The predicted molar refractivity (Wildman–Crippen MR) is 120 cm³/mol. The molecule has 30 heavy (non-hydrogen) atoms. The lowest BCUT2D eigenvalue weighted by molar-refractivity contribution is 0.0526. The van der Waals surface area contributed by atoms with Crippen molar-refractivity contribution < 1.29 is 9.53 Å². The smallest absolute Gasteiger partial charge is 0.341 e. The quantitative estimate of drug-likeness (QED) is 0.445. The van der Waals surface area contributed by atoms with Crippen molar-refractivity contribution in [2.75, 3.05) is 6.61 Å². The van der Waals surface area contributed by atoms with Gasteiger partial charge in [0.2, 0.25) is 0 Å². The fraction of sp³-hybridized carbons (Fsp3) is 0.318. The number of thiophene rings is 1. The number of ether oxygens (including phenoxy) is 1. The number of aryl methyl sites for hydroxylation is 2. The van der Waals surface area contributed by atoms with Gasteiger partial charge in [0.05, 0.1) is 23.4 Å². The molecule has 8 heteroatoms. The summed E-state index contributed by atoms with van der Waals surface area (Å²) >= 11 is 7.58. The molecule has 0 fully saturated rings. The topological polar surface area (TPSA) is 76.4 Å². The van der Waals surface area contributed by atoms with E-state index in [2.05, 4.69) is 10.1 Å². The maximum absolute atomic E-state index is 12.9. The van der Waals surface area contributed by atoms with Crippen LogP contribution >= 0.6 is 22.9 Å². The molecule has 2 heterocycles. The van der Waals surface area contributed by atoms with E-state index in [1.54, 1.807) is 31.2 Å². The maximum Gasteiger partial charge on any atom is 0.341 e. The second-order valence-corrected chi connectivity index (χ2v) is 8.66. The molecule has 1 aliphatic carbocycles. The lowest BCUT2D eigenvalue weighted by Gasteiger charge is -2.11. The van der Waals surface area contributed by atoms with Gasteiger partial charge in [-0.25, -0.2) is 14.5 Å². The molecule has 1 N–H and O–H groups in total. The van der Waals surface area contributed by atoms with Crippen LogP contribution in [0.5, 0.6) is 0 Å². The molecular weight excluding hydrogens is 422 g/mol. The monoisotopic (exact) mass is 443 g/mol. The summed E-state index contributed by atoms with van der Waals surface area (Å²) in [6.45, 7) is 3.92. The second-order valence-electron chi connectivity index (χ2n) is 7.14. The van der Waals surface area contributed by atoms with E-state index in [9.17, 15) is 9.59 Å². The van der Waals surface area contributed by atoms with Gasteiger partial charge in [-0.3, -0.25) is 9.89 Å². The molecule has 156 valence electrons. The minimum atomic E-state index is -0.342. The Hall–Kier alpha value is -2.64. The number of carbonyl (C=O) groups is 1. The van der Waals surface area contributed by atoms with E-state index in [0.29, 0.717) is 39.1 Å². The van der Waals surface area contributed by atoms with Crippen LogP contribution in [0.2, 0.25) is 5.02 Å². The summed E-state index contributed by atoms with van der Waals surface area (Å²) in [5.41, 5.74) is 3.15. The fourth-order valence-corrected chi connectivity index (χ4v) is 5.09. The Labute approximate surface area is 183 Å². The molecule has 1 aliphatic rings. The van der Waals surface area contributed by atoms with E-state index in [0.717, 1.165) is 31.2 Å². The molecule has 3 aromatic rings. The Bertz CT molecular complexity index is 1190. The first-order valence-electron chi connectivity index (χ1n) is 9.93. The maximum atomic E-state index is 12.9. The lowest BCUT2D eigenvalue weighted by Crippen LogP contribution is -2.17. The highest BCUT2D eigenvalue weighted by atomic mass is 35.5. The van der Waals surface area contributed by atoms with Gasteiger partial charge in [0.15, 0.2) is 0 Å². The Balaban J connectivity index is 1.74. The summed E-state index contributed by atoms with van der Waals surface area (Å²) in [5.74, 6) is -0.342. The zero-order valence-corrected chi connectivity index (χ0v) is 18.4. The third kappa shape index (κ3) is 3.87. The molecule has 0 amide bonds. The number of aromatic nitrogens is 2. The molecule has 0 saturated carbocycles. The number of carbonyl (C=O) groups excluding carboxylic acids is 1. The predicted octanol–water partition coefficient (Wildman–Crippen LogP) is 5.00. The number of nitrogens with one attached hydrogen (secondary N) is 1. The highest BCUT2D eigenvalue weighted by molar-refractivity contribution is 7.16. The summed E-state index contributed by atoms with van der Waals surface area (Å²) in [5, 5.41) is 4.22. The minimum absolute atomic E-state index is 0.225. The van der Waals surface area contributed by atoms with Crippen LogP contribution in [-0.4, -0.2) is 28.6 Å². The van der Waals surface area contributed by atoms with Gasteiger partial charge < -0.3 is 4.74 Å². The van der Waals surface area contributed by atoms with Gasteiger partial charge in [0.1, 0.15) is 5.00 Å². The lowest BCUT2D eigenvalue weighted by atomic mass is 9.95. The first kappa shape index (κ1) is 20.6. The standard InChI is InChI=1S/C22H22ClN3O3S/c1-3-29-22(28)19-16-9-4-5-10-18(16)30-20(19)24-12-17-13(2)25-26(21(17)27)15-8-6-7-14(23)11-15/h6-8,11-12,25H,3-5,9-10H2,1-2H3. The van der Waals surface area contributed by atoms with Crippen molar-refractivity contribution in [3.05, 3.63) is 66.9 Å². The van der Waals surface area contributed by atoms with Gasteiger partial charge in [-0.15, -0.1) is 11.3 Å². The number of hydrogen-bond donors (Lipinski definition) is 1. The van der Waals surface area contributed by atoms with Crippen LogP contribution in [0, 0.1) is 6.92 Å². The number of aromatic amines is 1. The van der Waals surface area contributed by atoms with Gasteiger partial charge in [-0.2, -0.15) is 0 Å². The van der Waals surface area contributed by atoms with Crippen LogP contribution in [0.4, 0.5) is 5.00 Å². The zero-order chi connectivity index (χ0) is 21.3. The van der Waals surface area contributed by atoms with Crippen LogP contribution < -0.4 is 5.56 Å². The summed E-state index contributed by atoms with van der Waals surface area (Å²) in [4.78, 5) is 31.3. The van der Waals surface area contributed by atoms with Crippen molar-refractivity contribution in [2.24, 2.45) is 4.99 Å².